The minimum Gasteiger partial charge on any atom is -0.462 e. The molecule has 1 fully saturated rings. The van der Waals surface area contributed by atoms with Gasteiger partial charge in [0.1, 0.15) is 0 Å². The number of nitrogens with one attached hydrogen (secondary N) is 2. The van der Waals surface area contributed by atoms with Crippen molar-refractivity contribution in [1.29, 1.82) is 0 Å². The molecular weight excluding hydrogens is 450 g/mol. The maximum atomic E-state index is 12.3. The smallest absolute Gasteiger partial charge is 0.338 e. The van der Waals surface area contributed by atoms with Crippen LogP contribution in [0.4, 0.5) is 10.5 Å². The number of hydrogen-bond acceptors (Lipinski definition) is 7. The molecule has 1 aliphatic rings. The van der Waals surface area contributed by atoms with Gasteiger partial charge in [-0.1, -0.05) is 17.7 Å². The predicted molar refractivity (Wildman–Crippen MR) is 118 cm³/mol. The molecule has 4 amide bonds. The first-order chi connectivity index (χ1) is 15.7. The summed E-state index contributed by atoms with van der Waals surface area (Å²) in [6, 6.07) is 10.8. The van der Waals surface area contributed by atoms with Crippen LogP contribution in [-0.2, 0) is 24.3 Å². The maximum Gasteiger partial charge on any atom is 0.338 e. The quantitative estimate of drug-likeness (QED) is 0.340. The number of amides is 4. The van der Waals surface area contributed by atoms with E-state index in [-0.39, 0.29) is 54.0 Å². The molecule has 0 bridgehead atoms. The highest BCUT2D eigenvalue weighted by Gasteiger charge is 2.28. The Labute approximate surface area is 191 Å². The summed E-state index contributed by atoms with van der Waals surface area (Å²) in [6.45, 7) is 2.05. The summed E-state index contributed by atoms with van der Waals surface area (Å²) in [6.07, 6.45) is 0.766. The molecule has 10 nitrogen and oxygen atoms in total. The fourth-order valence-electron chi connectivity index (χ4n) is 3.09. The molecule has 11 heteroatoms. The Morgan fingerprint density at radius 2 is 1.58 bits per heavy atom. The Bertz CT molecular complexity index is 1140. The number of likely N-dealkylation sites (tertiary alicyclic amines) is 1. The molecule has 1 aliphatic heterocycles. The Kier molecular flexibility index (Phi) is 7.44. The van der Waals surface area contributed by atoms with Crippen LogP contribution >= 0.6 is 0 Å². The van der Waals surface area contributed by atoms with E-state index in [1.165, 1.54) is 41.3 Å². The summed E-state index contributed by atoms with van der Waals surface area (Å²) in [7, 11) is -4.03. The number of sulfonamides is 1. The molecule has 0 saturated carbocycles. The molecule has 2 aromatic rings. The number of urea groups is 1. The lowest BCUT2D eigenvalue weighted by atomic mass is 10.2. The number of benzene rings is 2. The first-order valence-electron chi connectivity index (χ1n) is 10.2. The van der Waals surface area contributed by atoms with Gasteiger partial charge >= 0.3 is 12.0 Å². The highest BCUT2D eigenvalue weighted by Crippen LogP contribution is 2.14. The normalized spacial score (nSPS) is 13.7. The number of esters is 1. The maximum absolute atomic E-state index is 12.3. The zero-order chi connectivity index (χ0) is 24.0. The van der Waals surface area contributed by atoms with Gasteiger partial charge in [-0.25, -0.2) is 22.7 Å². The van der Waals surface area contributed by atoms with Gasteiger partial charge in [-0.05, 0) is 49.7 Å². The van der Waals surface area contributed by atoms with Crippen LogP contribution < -0.4 is 10.0 Å². The van der Waals surface area contributed by atoms with Crippen LogP contribution in [0.3, 0.4) is 0 Å². The van der Waals surface area contributed by atoms with E-state index in [1.807, 2.05) is 11.6 Å². The van der Waals surface area contributed by atoms with Crippen molar-refractivity contribution in [2.45, 2.75) is 31.1 Å². The van der Waals surface area contributed by atoms with Crippen molar-refractivity contribution in [3.63, 3.8) is 0 Å². The second-order valence-electron chi connectivity index (χ2n) is 7.38. The number of anilines is 1. The van der Waals surface area contributed by atoms with E-state index in [4.69, 9.17) is 4.74 Å². The Hall–Kier alpha value is -3.73. The molecule has 0 radical (unpaired) electrons. The Balaban J connectivity index is 1.46. The lowest BCUT2D eigenvalue weighted by Gasteiger charge is -2.13. The summed E-state index contributed by atoms with van der Waals surface area (Å²) >= 11 is 0. The predicted octanol–water partition coefficient (Wildman–Crippen LogP) is 2.20. The third-order valence-corrected chi connectivity index (χ3v) is 6.20. The van der Waals surface area contributed by atoms with Gasteiger partial charge in [-0.3, -0.25) is 14.5 Å². The molecule has 0 aromatic heterocycles. The minimum absolute atomic E-state index is 0.0369. The lowest BCUT2D eigenvalue weighted by Crippen LogP contribution is -2.34. The molecule has 1 heterocycles. The number of rotatable bonds is 8. The fraction of sp³-hybridized carbons (Fsp3) is 0.273. The van der Waals surface area contributed by atoms with Crippen LogP contribution in [0.15, 0.2) is 53.4 Å². The van der Waals surface area contributed by atoms with Crippen LogP contribution in [0, 0.1) is 6.92 Å². The molecule has 0 spiro atoms. The summed E-state index contributed by atoms with van der Waals surface area (Å²) in [5.41, 5.74) is 1.38. The van der Waals surface area contributed by atoms with Crippen LogP contribution in [0.25, 0.3) is 0 Å². The van der Waals surface area contributed by atoms with Crippen molar-refractivity contribution < 1.29 is 32.3 Å². The number of aryl methyl sites for hydroxylation is 1. The van der Waals surface area contributed by atoms with E-state index in [1.54, 1.807) is 12.1 Å². The summed E-state index contributed by atoms with van der Waals surface area (Å²) < 4.78 is 31.6. The topological polar surface area (TPSA) is 139 Å². The summed E-state index contributed by atoms with van der Waals surface area (Å²) in [5.74, 6) is -1.04. The van der Waals surface area contributed by atoms with Crippen molar-refractivity contribution in [3.8, 4) is 0 Å². The zero-order valence-corrected chi connectivity index (χ0v) is 18.7. The standard InChI is InChI=1S/C22H23N3O7S/c1-15-3-9-18(10-4-15)33(30,31)24-22(29)23-17-7-5-16(6-8-17)21(28)32-14-2-13-25-19(26)11-12-20(25)27/h3-10H,2,11-14H2,1H3,(H2,23,24,29). The Morgan fingerprint density at radius 3 is 2.18 bits per heavy atom. The van der Waals surface area contributed by atoms with Gasteiger partial charge in [-0.2, -0.15) is 0 Å². The first kappa shape index (κ1) is 23.9. The van der Waals surface area contributed by atoms with Crippen molar-refractivity contribution in [3.05, 3.63) is 59.7 Å². The van der Waals surface area contributed by atoms with Gasteiger partial charge in [0, 0.05) is 25.1 Å². The monoisotopic (exact) mass is 473 g/mol. The van der Waals surface area contributed by atoms with Gasteiger partial charge in [0.2, 0.25) is 11.8 Å². The molecule has 0 unspecified atom stereocenters. The molecule has 33 heavy (non-hydrogen) atoms. The van der Waals surface area contributed by atoms with Gasteiger partial charge in [0.15, 0.2) is 0 Å². The number of carbonyl (C=O) groups is 4. The molecular formula is C22H23N3O7S. The van der Waals surface area contributed by atoms with E-state index in [0.717, 1.165) is 5.56 Å². The van der Waals surface area contributed by atoms with E-state index >= 15 is 0 Å². The second-order valence-corrected chi connectivity index (χ2v) is 9.06. The highest BCUT2D eigenvalue weighted by atomic mass is 32.2. The second kappa shape index (κ2) is 10.3. The molecule has 0 aliphatic carbocycles. The van der Waals surface area contributed by atoms with Crippen molar-refractivity contribution in [2.24, 2.45) is 0 Å². The molecule has 0 atom stereocenters. The lowest BCUT2D eigenvalue weighted by molar-refractivity contribution is -0.138. The van der Waals surface area contributed by atoms with Crippen molar-refractivity contribution in [2.75, 3.05) is 18.5 Å². The summed E-state index contributed by atoms with van der Waals surface area (Å²) in [4.78, 5) is 48.4. The van der Waals surface area contributed by atoms with E-state index in [2.05, 4.69) is 5.32 Å². The highest BCUT2D eigenvalue weighted by molar-refractivity contribution is 7.90. The van der Waals surface area contributed by atoms with Crippen LogP contribution in [0.1, 0.15) is 35.2 Å². The van der Waals surface area contributed by atoms with Crippen molar-refractivity contribution in [1.82, 2.24) is 9.62 Å². The van der Waals surface area contributed by atoms with E-state index in [9.17, 15) is 27.6 Å². The van der Waals surface area contributed by atoms with Gasteiger partial charge in [-0.15, -0.1) is 0 Å². The molecule has 2 N–H and O–H groups in total. The van der Waals surface area contributed by atoms with Crippen molar-refractivity contribution >= 4 is 39.5 Å². The number of hydrogen-bond donors (Lipinski definition) is 2. The van der Waals surface area contributed by atoms with Crippen LogP contribution in [0.2, 0.25) is 0 Å². The van der Waals surface area contributed by atoms with E-state index in [0.29, 0.717) is 6.42 Å². The van der Waals surface area contributed by atoms with Crippen LogP contribution in [0.5, 0.6) is 0 Å². The van der Waals surface area contributed by atoms with E-state index < -0.39 is 22.0 Å². The molecule has 1 saturated heterocycles. The fourth-order valence-corrected chi connectivity index (χ4v) is 4.00. The third kappa shape index (κ3) is 6.39. The average Bonchev–Trinajstić information content (AvgIpc) is 3.09. The number of carbonyl (C=O) groups excluding carboxylic acids is 4. The third-order valence-electron chi connectivity index (χ3n) is 4.85. The first-order valence-corrected chi connectivity index (χ1v) is 11.6. The minimum atomic E-state index is -4.03. The largest absolute Gasteiger partial charge is 0.462 e. The SMILES string of the molecule is Cc1ccc(S(=O)(=O)NC(=O)Nc2ccc(C(=O)OCCCN3C(=O)CCC3=O)cc2)cc1. The molecule has 174 valence electrons. The van der Waals surface area contributed by atoms with Crippen LogP contribution in [-0.4, -0.2) is 50.3 Å². The number of ether oxygens (including phenoxy) is 1. The molecule has 3 rings (SSSR count). The van der Waals surface area contributed by atoms with Gasteiger partial charge < -0.3 is 10.1 Å². The van der Waals surface area contributed by atoms with Gasteiger partial charge in [0.05, 0.1) is 17.1 Å². The van der Waals surface area contributed by atoms with Gasteiger partial charge in [0.25, 0.3) is 10.0 Å². The summed E-state index contributed by atoms with van der Waals surface area (Å²) in [5, 5.41) is 2.39. The Morgan fingerprint density at radius 1 is 0.970 bits per heavy atom. The zero-order valence-electron chi connectivity index (χ0n) is 17.9. The number of nitrogens with zero attached hydrogens (tertiary/aromatic N) is 1. The average molecular weight is 474 g/mol. The molecule has 2 aromatic carbocycles. The number of imide groups is 1.